The van der Waals surface area contributed by atoms with E-state index in [4.69, 9.17) is 0 Å². The lowest BCUT2D eigenvalue weighted by Gasteiger charge is -2.29. The van der Waals surface area contributed by atoms with Crippen LogP contribution in [0.25, 0.3) is 0 Å². The topological polar surface area (TPSA) is 47.6 Å². The van der Waals surface area contributed by atoms with E-state index in [0.29, 0.717) is 12.6 Å². The van der Waals surface area contributed by atoms with Crippen LogP contribution in [0.4, 0.5) is 4.79 Å². The minimum absolute atomic E-state index is 0.0230. The molecule has 2 amide bonds. The van der Waals surface area contributed by atoms with Gasteiger partial charge in [0.2, 0.25) is 0 Å². The van der Waals surface area contributed by atoms with Crippen LogP contribution >= 0.6 is 0 Å². The summed E-state index contributed by atoms with van der Waals surface area (Å²) in [6, 6.07) is 0.595. The van der Waals surface area contributed by atoms with Crippen molar-refractivity contribution >= 4 is 6.03 Å². The van der Waals surface area contributed by atoms with E-state index in [1.165, 1.54) is 25.9 Å². The van der Waals surface area contributed by atoms with Gasteiger partial charge in [-0.05, 0) is 33.0 Å². The summed E-state index contributed by atoms with van der Waals surface area (Å²) in [7, 11) is 5.66. The van der Waals surface area contributed by atoms with Crippen molar-refractivity contribution in [2.24, 2.45) is 0 Å². The summed E-state index contributed by atoms with van der Waals surface area (Å²) in [6.07, 6.45) is 2.41. The second-order valence-corrected chi connectivity index (χ2v) is 4.66. The number of carbonyl (C=O) groups excluding carboxylic acids is 1. The number of rotatable bonds is 4. The summed E-state index contributed by atoms with van der Waals surface area (Å²) in [5.74, 6) is 0. The van der Waals surface area contributed by atoms with Crippen LogP contribution in [0.3, 0.4) is 0 Å². The molecular weight excluding hydrogens is 204 g/mol. The molecule has 5 heteroatoms. The van der Waals surface area contributed by atoms with Gasteiger partial charge < -0.3 is 20.4 Å². The summed E-state index contributed by atoms with van der Waals surface area (Å²) >= 11 is 0. The van der Waals surface area contributed by atoms with Crippen LogP contribution in [-0.4, -0.2) is 69.2 Å². The van der Waals surface area contributed by atoms with E-state index in [0.717, 1.165) is 6.54 Å². The lowest BCUT2D eigenvalue weighted by Crippen LogP contribution is -2.44. The Morgan fingerprint density at radius 1 is 1.31 bits per heavy atom. The van der Waals surface area contributed by atoms with Gasteiger partial charge in [0, 0.05) is 33.2 Å². The zero-order chi connectivity index (χ0) is 12.0. The molecule has 0 spiro atoms. The molecule has 0 aromatic rings. The lowest BCUT2D eigenvalue weighted by atomic mass is 10.1. The van der Waals surface area contributed by atoms with Gasteiger partial charge >= 0.3 is 6.03 Å². The average Bonchev–Trinajstić information content (AvgIpc) is 2.26. The summed E-state index contributed by atoms with van der Waals surface area (Å²) in [5, 5.41) is 6.32. The number of urea groups is 1. The zero-order valence-electron chi connectivity index (χ0n) is 10.6. The molecule has 0 atom stereocenters. The highest BCUT2D eigenvalue weighted by atomic mass is 16.2. The van der Waals surface area contributed by atoms with Crippen molar-refractivity contribution in [1.82, 2.24) is 20.4 Å². The maximum Gasteiger partial charge on any atom is 0.316 e. The van der Waals surface area contributed by atoms with Crippen LogP contribution in [0.2, 0.25) is 0 Å². The highest BCUT2D eigenvalue weighted by Crippen LogP contribution is 2.07. The molecule has 16 heavy (non-hydrogen) atoms. The maximum absolute atomic E-state index is 11.2. The minimum atomic E-state index is -0.0230. The monoisotopic (exact) mass is 228 g/mol. The Kier molecular flexibility index (Phi) is 5.55. The summed E-state index contributed by atoms with van der Waals surface area (Å²) in [6.45, 7) is 3.89. The van der Waals surface area contributed by atoms with Gasteiger partial charge in [-0.25, -0.2) is 4.79 Å². The standard InChI is InChI=1S/C11H24N4O/c1-14(2)11(16)13-7-6-12-10-4-8-15(3)9-5-10/h10,12H,4-9H2,1-3H3,(H,13,16). The minimum Gasteiger partial charge on any atom is -0.337 e. The fourth-order valence-corrected chi connectivity index (χ4v) is 1.82. The van der Waals surface area contributed by atoms with E-state index in [-0.39, 0.29) is 6.03 Å². The Bertz CT molecular complexity index is 212. The normalized spacial score (nSPS) is 18.4. The van der Waals surface area contributed by atoms with E-state index in [9.17, 15) is 4.79 Å². The van der Waals surface area contributed by atoms with Gasteiger partial charge in [0.25, 0.3) is 0 Å². The van der Waals surface area contributed by atoms with Gasteiger partial charge in [-0.1, -0.05) is 0 Å². The van der Waals surface area contributed by atoms with Gasteiger partial charge in [-0.3, -0.25) is 0 Å². The molecular formula is C11H24N4O. The largest absolute Gasteiger partial charge is 0.337 e. The van der Waals surface area contributed by atoms with Crippen molar-refractivity contribution in [2.75, 3.05) is 47.3 Å². The number of hydrogen-bond acceptors (Lipinski definition) is 3. The Balaban J connectivity index is 2.01. The third-order valence-electron chi connectivity index (χ3n) is 2.96. The van der Waals surface area contributed by atoms with Crippen LogP contribution in [0.15, 0.2) is 0 Å². The number of likely N-dealkylation sites (tertiary alicyclic amines) is 1. The summed E-state index contributed by atoms with van der Waals surface area (Å²) in [5.41, 5.74) is 0. The second-order valence-electron chi connectivity index (χ2n) is 4.66. The highest BCUT2D eigenvalue weighted by molar-refractivity contribution is 5.73. The van der Waals surface area contributed by atoms with E-state index >= 15 is 0 Å². The number of carbonyl (C=O) groups is 1. The van der Waals surface area contributed by atoms with Crippen molar-refractivity contribution in [1.29, 1.82) is 0 Å². The van der Waals surface area contributed by atoms with E-state index < -0.39 is 0 Å². The summed E-state index contributed by atoms with van der Waals surface area (Å²) < 4.78 is 0. The number of hydrogen-bond donors (Lipinski definition) is 2. The third kappa shape index (κ3) is 4.81. The Labute approximate surface area is 98.2 Å². The summed E-state index contributed by atoms with van der Waals surface area (Å²) in [4.78, 5) is 15.1. The molecule has 1 heterocycles. The van der Waals surface area contributed by atoms with E-state index in [1.807, 2.05) is 0 Å². The number of nitrogens with one attached hydrogen (secondary N) is 2. The van der Waals surface area contributed by atoms with Crippen molar-refractivity contribution in [3.8, 4) is 0 Å². The van der Waals surface area contributed by atoms with Crippen LogP contribution in [0.1, 0.15) is 12.8 Å². The molecule has 0 aliphatic carbocycles. The zero-order valence-corrected chi connectivity index (χ0v) is 10.6. The Morgan fingerprint density at radius 3 is 2.50 bits per heavy atom. The molecule has 0 unspecified atom stereocenters. The predicted octanol–water partition coefficient (Wildman–Crippen LogP) is -0.0586. The van der Waals surface area contributed by atoms with Crippen LogP contribution in [0, 0.1) is 0 Å². The van der Waals surface area contributed by atoms with Crippen LogP contribution < -0.4 is 10.6 Å². The first kappa shape index (κ1) is 13.3. The van der Waals surface area contributed by atoms with Crippen molar-refractivity contribution in [2.45, 2.75) is 18.9 Å². The molecule has 0 bridgehead atoms. The molecule has 1 saturated heterocycles. The predicted molar refractivity (Wildman–Crippen MR) is 65.6 cm³/mol. The quantitative estimate of drug-likeness (QED) is 0.663. The molecule has 2 N–H and O–H groups in total. The Morgan fingerprint density at radius 2 is 1.94 bits per heavy atom. The van der Waals surface area contributed by atoms with Crippen molar-refractivity contribution in [3.05, 3.63) is 0 Å². The highest BCUT2D eigenvalue weighted by Gasteiger charge is 2.15. The molecule has 1 aliphatic rings. The molecule has 1 fully saturated rings. The molecule has 94 valence electrons. The smallest absolute Gasteiger partial charge is 0.316 e. The third-order valence-corrected chi connectivity index (χ3v) is 2.96. The SMILES string of the molecule is CN1CCC(NCCNC(=O)N(C)C)CC1. The number of piperidine rings is 1. The fraction of sp³-hybridized carbons (Fsp3) is 0.909. The molecule has 1 rings (SSSR count). The molecule has 0 aromatic carbocycles. The van der Waals surface area contributed by atoms with Gasteiger partial charge in [-0.15, -0.1) is 0 Å². The van der Waals surface area contributed by atoms with E-state index in [2.05, 4.69) is 22.6 Å². The molecule has 0 saturated carbocycles. The van der Waals surface area contributed by atoms with Crippen molar-refractivity contribution in [3.63, 3.8) is 0 Å². The fourth-order valence-electron chi connectivity index (χ4n) is 1.82. The molecule has 5 nitrogen and oxygen atoms in total. The molecule has 0 aromatic heterocycles. The van der Waals surface area contributed by atoms with Crippen LogP contribution in [0.5, 0.6) is 0 Å². The van der Waals surface area contributed by atoms with Crippen LogP contribution in [-0.2, 0) is 0 Å². The van der Waals surface area contributed by atoms with Gasteiger partial charge in [0.05, 0.1) is 0 Å². The first-order valence-electron chi connectivity index (χ1n) is 5.96. The van der Waals surface area contributed by atoms with Gasteiger partial charge in [0.1, 0.15) is 0 Å². The first-order valence-corrected chi connectivity index (χ1v) is 5.96. The number of nitrogens with zero attached hydrogens (tertiary/aromatic N) is 2. The lowest BCUT2D eigenvalue weighted by molar-refractivity contribution is 0.215. The first-order chi connectivity index (χ1) is 7.59. The van der Waals surface area contributed by atoms with Gasteiger partial charge in [0.15, 0.2) is 0 Å². The molecule has 1 aliphatic heterocycles. The Hall–Kier alpha value is -0.810. The average molecular weight is 228 g/mol. The van der Waals surface area contributed by atoms with Gasteiger partial charge in [-0.2, -0.15) is 0 Å². The second kappa shape index (κ2) is 6.70. The van der Waals surface area contributed by atoms with Crippen molar-refractivity contribution < 1.29 is 4.79 Å². The molecule has 0 radical (unpaired) electrons. The van der Waals surface area contributed by atoms with E-state index in [1.54, 1.807) is 19.0 Å². The number of amides is 2. The maximum atomic E-state index is 11.2.